The first-order valence-corrected chi connectivity index (χ1v) is 13.7. The highest BCUT2D eigenvalue weighted by Gasteiger charge is 2.32. The maximum absolute atomic E-state index is 13.9. The van der Waals surface area contributed by atoms with Crippen molar-refractivity contribution in [1.82, 2.24) is 10.2 Å². The third kappa shape index (κ3) is 7.30. The van der Waals surface area contributed by atoms with Gasteiger partial charge >= 0.3 is 0 Å². The molecule has 4 rings (SSSR count). The van der Waals surface area contributed by atoms with E-state index in [-0.39, 0.29) is 24.3 Å². The topological polar surface area (TPSA) is 49.4 Å². The summed E-state index contributed by atoms with van der Waals surface area (Å²) in [5.74, 6) is -0.0899. The Morgan fingerprint density at radius 2 is 1.56 bits per heavy atom. The van der Waals surface area contributed by atoms with E-state index in [1.807, 2.05) is 85.8 Å². The predicted octanol–water partition coefficient (Wildman–Crippen LogP) is 6.39. The van der Waals surface area contributed by atoms with Gasteiger partial charge in [-0.1, -0.05) is 102 Å². The Labute approximate surface area is 223 Å². The molecule has 2 amide bonds. The van der Waals surface area contributed by atoms with E-state index in [1.165, 1.54) is 6.42 Å². The molecule has 1 N–H and O–H groups in total. The molecule has 0 spiro atoms. The van der Waals surface area contributed by atoms with E-state index in [9.17, 15) is 9.59 Å². The van der Waals surface area contributed by atoms with Crippen LogP contribution in [0.15, 0.2) is 83.3 Å². The summed E-state index contributed by atoms with van der Waals surface area (Å²) < 4.78 is 0.986. The van der Waals surface area contributed by atoms with Crippen molar-refractivity contribution in [2.24, 2.45) is 0 Å². The number of hydrogen-bond acceptors (Lipinski definition) is 2. The lowest BCUT2D eigenvalue weighted by atomic mass is 9.94. The lowest BCUT2D eigenvalue weighted by molar-refractivity contribution is -0.141. The summed E-state index contributed by atoms with van der Waals surface area (Å²) >= 11 is 3.50. The fourth-order valence-electron chi connectivity index (χ4n) is 4.96. The smallest absolute Gasteiger partial charge is 0.243 e. The number of halogens is 1. The molecule has 0 aliphatic heterocycles. The summed E-state index contributed by atoms with van der Waals surface area (Å²) in [4.78, 5) is 29.5. The molecule has 1 fully saturated rings. The van der Waals surface area contributed by atoms with Crippen molar-refractivity contribution in [3.63, 3.8) is 0 Å². The van der Waals surface area contributed by atoms with E-state index in [0.29, 0.717) is 13.0 Å². The van der Waals surface area contributed by atoms with Crippen molar-refractivity contribution in [1.29, 1.82) is 0 Å². The molecule has 0 radical (unpaired) electrons. The van der Waals surface area contributed by atoms with E-state index in [1.54, 1.807) is 4.90 Å². The van der Waals surface area contributed by atoms with Crippen LogP contribution in [0.3, 0.4) is 0 Å². The molecule has 1 atom stereocenters. The summed E-state index contributed by atoms with van der Waals surface area (Å²) in [6, 6.07) is 25.6. The first-order valence-electron chi connectivity index (χ1n) is 12.9. The molecule has 188 valence electrons. The van der Waals surface area contributed by atoms with Gasteiger partial charge in [-0.3, -0.25) is 9.59 Å². The highest BCUT2D eigenvalue weighted by atomic mass is 79.9. The van der Waals surface area contributed by atoms with Crippen LogP contribution in [-0.2, 0) is 29.0 Å². The third-order valence-electron chi connectivity index (χ3n) is 7.09. The minimum atomic E-state index is -0.588. The molecule has 0 saturated heterocycles. The molecule has 36 heavy (non-hydrogen) atoms. The molecule has 3 aromatic rings. The van der Waals surface area contributed by atoms with E-state index < -0.39 is 6.04 Å². The van der Waals surface area contributed by atoms with E-state index in [2.05, 4.69) is 21.2 Å². The lowest BCUT2D eigenvalue weighted by Crippen LogP contribution is -2.53. The van der Waals surface area contributed by atoms with Gasteiger partial charge in [-0.05, 0) is 54.2 Å². The predicted molar refractivity (Wildman–Crippen MR) is 149 cm³/mol. The average molecular weight is 548 g/mol. The first kappa shape index (κ1) is 26.2. The summed E-state index contributed by atoms with van der Waals surface area (Å²) in [6.07, 6.45) is 6.28. The largest absolute Gasteiger partial charge is 0.352 e. The van der Waals surface area contributed by atoms with Crippen LogP contribution in [-0.4, -0.2) is 28.8 Å². The second-order valence-corrected chi connectivity index (χ2v) is 10.7. The average Bonchev–Trinajstić information content (AvgIpc) is 2.89. The molecule has 1 aliphatic rings. The maximum Gasteiger partial charge on any atom is 0.243 e. The summed E-state index contributed by atoms with van der Waals surface area (Å²) in [7, 11) is 0. The van der Waals surface area contributed by atoms with Crippen LogP contribution in [0, 0.1) is 6.92 Å². The number of aryl methyl sites for hydroxylation is 1. The van der Waals surface area contributed by atoms with Gasteiger partial charge in [-0.15, -0.1) is 0 Å². The minimum absolute atomic E-state index is 0.0352. The van der Waals surface area contributed by atoms with Gasteiger partial charge in [0.1, 0.15) is 6.04 Å². The van der Waals surface area contributed by atoms with E-state index in [4.69, 9.17) is 0 Å². The van der Waals surface area contributed by atoms with Crippen LogP contribution >= 0.6 is 15.9 Å². The minimum Gasteiger partial charge on any atom is -0.352 e. The fourth-order valence-corrected chi connectivity index (χ4v) is 5.22. The van der Waals surface area contributed by atoms with E-state index in [0.717, 1.165) is 52.4 Å². The molecule has 4 nitrogen and oxygen atoms in total. The van der Waals surface area contributed by atoms with Gasteiger partial charge in [0.05, 0.1) is 6.42 Å². The fraction of sp³-hybridized carbons (Fsp3) is 0.355. The number of rotatable bonds is 9. The highest BCUT2D eigenvalue weighted by Crippen LogP contribution is 2.21. The zero-order valence-electron chi connectivity index (χ0n) is 21.0. The lowest BCUT2D eigenvalue weighted by Gasteiger charge is -2.33. The van der Waals surface area contributed by atoms with Gasteiger partial charge in [0.15, 0.2) is 0 Å². The third-order valence-corrected chi connectivity index (χ3v) is 7.62. The van der Waals surface area contributed by atoms with E-state index >= 15 is 0 Å². The number of carbonyl (C=O) groups excluding carboxylic acids is 2. The summed E-state index contributed by atoms with van der Waals surface area (Å²) in [5.41, 5.74) is 4.13. The van der Waals surface area contributed by atoms with Crippen LogP contribution < -0.4 is 5.32 Å². The molecule has 3 aromatic carbocycles. The second kappa shape index (κ2) is 12.9. The van der Waals surface area contributed by atoms with Gasteiger partial charge < -0.3 is 10.2 Å². The van der Waals surface area contributed by atoms with Crippen LogP contribution in [0.4, 0.5) is 0 Å². The van der Waals surface area contributed by atoms with Crippen molar-refractivity contribution >= 4 is 27.7 Å². The van der Waals surface area contributed by atoms with Gasteiger partial charge in [0.2, 0.25) is 11.8 Å². The van der Waals surface area contributed by atoms with Gasteiger partial charge in [-0.25, -0.2) is 0 Å². The quantitative estimate of drug-likeness (QED) is 0.338. The van der Waals surface area contributed by atoms with Gasteiger partial charge in [-0.2, -0.15) is 0 Å². The number of carbonyl (C=O) groups is 2. The summed E-state index contributed by atoms with van der Waals surface area (Å²) in [6.45, 7) is 2.41. The van der Waals surface area contributed by atoms with Crippen molar-refractivity contribution in [2.45, 2.75) is 70.5 Å². The molecular formula is C31H35BrN2O2. The van der Waals surface area contributed by atoms with Crippen LogP contribution in [0.2, 0.25) is 0 Å². The molecule has 1 saturated carbocycles. The zero-order chi connectivity index (χ0) is 25.3. The Balaban J connectivity index is 1.65. The van der Waals surface area contributed by atoms with Crippen LogP contribution in [0.5, 0.6) is 0 Å². The Bertz CT molecular complexity index is 1140. The number of benzene rings is 3. The first-order chi connectivity index (χ1) is 17.5. The SMILES string of the molecule is Cc1ccccc1CC(=O)N(Cc1ccc(Br)cc1)[C@H](Cc1ccccc1)C(=O)NC1CCCCC1. The van der Waals surface area contributed by atoms with Crippen molar-refractivity contribution < 1.29 is 9.59 Å². The second-order valence-electron chi connectivity index (χ2n) is 9.80. The molecule has 0 heterocycles. The highest BCUT2D eigenvalue weighted by molar-refractivity contribution is 9.10. The standard InChI is InChI=1S/C31H35BrN2O2/c1-23-10-8-9-13-26(23)21-30(35)34(22-25-16-18-27(32)19-17-25)29(20-24-11-4-2-5-12-24)31(36)33-28-14-6-3-7-15-28/h2,4-5,8-13,16-19,28-29H,3,6-7,14-15,20-22H2,1H3,(H,33,36)/t29-/m1/s1. The Morgan fingerprint density at radius 3 is 2.25 bits per heavy atom. The van der Waals surface area contributed by atoms with Crippen molar-refractivity contribution in [3.05, 3.63) is 106 Å². The van der Waals surface area contributed by atoms with Gasteiger partial charge in [0, 0.05) is 23.5 Å². The Hall–Kier alpha value is -2.92. The number of hydrogen-bond donors (Lipinski definition) is 1. The van der Waals surface area contributed by atoms with Crippen molar-refractivity contribution in [2.75, 3.05) is 0 Å². The molecule has 1 aliphatic carbocycles. The monoisotopic (exact) mass is 546 g/mol. The van der Waals surface area contributed by atoms with Crippen LogP contribution in [0.25, 0.3) is 0 Å². The van der Waals surface area contributed by atoms with Crippen LogP contribution in [0.1, 0.15) is 54.4 Å². The molecular weight excluding hydrogens is 512 g/mol. The molecule has 5 heteroatoms. The number of nitrogens with one attached hydrogen (secondary N) is 1. The normalized spacial score (nSPS) is 14.7. The Kier molecular flexibility index (Phi) is 9.35. The van der Waals surface area contributed by atoms with Gasteiger partial charge in [0.25, 0.3) is 0 Å². The summed E-state index contributed by atoms with van der Waals surface area (Å²) in [5, 5.41) is 3.30. The number of nitrogens with zero attached hydrogens (tertiary/aromatic N) is 1. The molecule has 0 aromatic heterocycles. The number of amides is 2. The maximum atomic E-state index is 13.9. The molecule has 0 bridgehead atoms. The van der Waals surface area contributed by atoms with Crippen molar-refractivity contribution in [3.8, 4) is 0 Å². The Morgan fingerprint density at radius 1 is 0.889 bits per heavy atom. The zero-order valence-corrected chi connectivity index (χ0v) is 22.5. The molecule has 0 unspecified atom stereocenters.